The van der Waals surface area contributed by atoms with Gasteiger partial charge in [0.2, 0.25) is 0 Å². The Labute approximate surface area is 356 Å². The first-order chi connectivity index (χ1) is 29.7. The van der Waals surface area contributed by atoms with Gasteiger partial charge in [-0.05, 0) is 99.0 Å². The van der Waals surface area contributed by atoms with Crippen LogP contribution in [0.1, 0.15) is 42.9 Å². The molecule has 1 aliphatic carbocycles. The minimum absolute atomic E-state index is 0.0677. The number of phenolic OH excluding ortho intramolecular Hbond substituents is 2. The number of phenols is 2. The predicted molar refractivity (Wildman–Crippen MR) is 249 cm³/mol. The molecule has 2 aliphatic rings. The van der Waals surface area contributed by atoms with Crippen molar-refractivity contribution < 1.29 is 19.7 Å². The van der Waals surface area contributed by atoms with Gasteiger partial charge in [0.1, 0.15) is 23.0 Å². The molecule has 302 valence electrons. The molecule has 2 N–H and O–H groups in total. The van der Waals surface area contributed by atoms with Crippen molar-refractivity contribution in [1.82, 2.24) is 4.57 Å². The molecule has 1 aromatic heterocycles. The van der Waals surface area contributed by atoms with E-state index in [-0.39, 0.29) is 35.7 Å². The largest absolute Gasteiger partial charge is 0.505 e. The number of allylic oxidation sites excluding steroid dienone is 2. The molecule has 1 aliphatic heterocycles. The number of aryl methyl sites for hydroxylation is 2. The van der Waals surface area contributed by atoms with Crippen LogP contribution in [0.25, 0.3) is 49.7 Å². The quantitative estimate of drug-likeness (QED) is 0.144. The second-order valence-corrected chi connectivity index (χ2v) is 16.5. The van der Waals surface area contributed by atoms with Crippen LogP contribution in [0.5, 0.6) is 23.0 Å². The van der Waals surface area contributed by atoms with E-state index in [0.29, 0.717) is 23.5 Å². The fourth-order valence-corrected chi connectivity index (χ4v) is 9.62. The molecule has 0 spiro atoms. The van der Waals surface area contributed by atoms with Crippen LogP contribution < -0.4 is 14.4 Å². The molecule has 4 unspecified atom stereocenters. The molecule has 0 fully saturated rings. The average Bonchev–Trinajstić information content (AvgIpc) is 3.78. The van der Waals surface area contributed by atoms with Gasteiger partial charge < -0.3 is 29.2 Å². The Morgan fingerprint density at radius 2 is 1.02 bits per heavy atom. The van der Waals surface area contributed by atoms with Crippen LogP contribution >= 0.6 is 0 Å². The lowest BCUT2D eigenvalue weighted by Gasteiger charge is -2.30. The summed E-state index contributed by atoms with van der Waals surface area (Å²) in [6, 6.07) is 49.3. The summed E-state index contributed by atoms with van der Waals surface area (Å²) < 4.78 is 15.6. The van der Waals surface area contributed by atoms with E-state index in [1.54, 1.807) is 0 Å². The summed E-state index contributed by atoms with van der Waals surface area (Å²) in [5, 5.41) is 26.6. The Morgan fingerprint density at radius 3 is 1.64 bits per heavy atom. The van der Waals surface area contributed by atoms with Crippen LogP contribution in [0.3, 0.4) is 0 Å². The number of benzene rings is 7. The Bertz CT molecular complexity index is 2980. The molecule has 8 aromatic rings. The Kier molecular flexibility index (Phi) is 9.64. The lowest BCUT2D eigenvalue weighted by atomic mass is 9.91. The molecule has 10 rings (SSSR count). The van der Waals surface area contributed by atoms with E-state index in [4.69, 9.17) is 9.47 Å². The van der Waals surface area contributed by atoms with Crippen molar-refractivity contribution in [2.75, 3.05) is 4.90 Å². The van der Waals surface area contributed by atoms with Gasteiger partial charge in [-0.25, -0.2) is 0 Å². The summed E-state index contributed by atoms with van der Waals surface area (Å²) in [6.45, 7) is 8.25. The second-order valence-electron chi connectivity index (χ2n) is 16.5. The standard InChI is InChI=1S/C55H48N2O4/c1-34-29-44(54(58)50(31-34)56-46-23-11-5-17-38(46)39-18-6-12-24-47(39)56)42-21-9-15-27-52(42)60-36(3)33-37(4)61-53-28-16-10-22-43(53)45-30-35(2)32-51(55(45)59)57-48-25-13-7-19-40(48)41-20-8-14-26-49(41)57/h5-32,36-38,46,58-59H,33H2,1-4H3. The van der Waals surface area contributed by atoms with Gasteiger partial charge in [0, 0.05) is 51.1 Å². The van der Waals surface area contributed by atoms with Gasteiger partial charge in [0.15, 0.2) is 0 Å². The first-order valence-electron chi connectivity index (χ1n) is 21.2. The Morgan fingerprint density at radius 1 is 0.525 bits per heavy atom. The van der Waals surface area contributed by atoms with Crippen LogP contribution in [-0.4, -0.2) is 33.0 Å². The topological polar surface area (TPSA) is 67.1 Å². The van der Waals surface area contributed by atoms with Gasteiger partial charge in [0.25, 0.3) is 0 Å². The van der Waals surface area contributed by atoms with Gasteiger partial charge in [-0.2, -0.15) is 0 Å². The SMILES string of the molecule is Cc1cc(-c2ccccc2OC(C)CC(C)Oc2ccccc2-c2cc(C)cc(-n3c4ccccc4c4ccccc43)c2O)c(O)c(N2c3ccccc3C3C=CC=CC32)c1. The van der Waals surface area contributed by atoms with Crippen molar-refractivity contribution >= 4 is 33.2 Å². The van der Waals surface area contributed by atoms with Gasteiger partial charge >= 0.3 is 0 Å². The summed E-state index contributed by atoms with van der Waals surface area (Å²) in [6.07, 6.45) is 8.81. The number of para-hydroxylation sites is 5. The van der Waals surface area contributed by atoms with E-state index in [2.05, 4.69) is 128 Å². The number of anilines is 2. The van der Waals surface area contributed by atoms with E-state index in [0.717, 1.165) is 66.7 Å². The molecule has 7 aromatic carbocycles. The number of nitrogens with zero attached hydrogens (tertiary/aromatic N) is 2. The van der Waals surface area contributed by atoms with E-state index >= 15 is 0 Å². The molecule has 4 atom stereocenters. The molecule has 61 heavy (non-hydrogen) atoms. The average molecular weight is 801 g/mol. The van der Waals surface area contributed by atoms with E-state index in [1.807, 2.05) is 78.9 Å². The predicted octanol–water partition coefficient (Wildman–Crippen LogP) is 13.5. The third kappa shape index (κ3) is 6.69. The Balaban J connectivity index is 0.918. The van der Waals surface area contributed by atoms with E-state index in [1.165, 1.54) is 5.56 Å². The molecule has 0 radical (unpaired) electrons. The molecule has 0 amide bonds. The Hall–Kier alpha value is -7.18. The van der Waals surface area contributed by atoms with Crippen LogP contribution in [0.2, 0.25) is 0 Å². The molecule has 0 bridgehead atoms. The third-order valence-corrected chi connectivity index (χ3v) is 12.2. The van der Waals surface area contributed by atoms with Crippen molar-refractivity contribution in [1.29, 1.82) is 0 Å². The highest BCUT2D eigenvalue weighted by Gasteiger charge is 2.38. The van der Waals surface area contributed by atoms with Crippen molar-refractivity contribution in [3.8, 4) is 50.9 Å². The number of hydrogen-bond acceptors (Lipinski definition) is 5. The van der Waals surface area contributed by atoms with Gasteiger partial charge in [-0.1, -0.05) is 115 Å². The van der Waals surface area contributed by atoms with Crippen molar-refractivity contribution in [3.05, 3.63) is 187 Å². The zero-order chi connectivity index (χ0) is 41.8. The molecule has 6 heteroatoms. The van der Waals surface area contributed by atoms with Crippen LogP contribution in [0, 0.1) is 13.8 Å². The summed E-state index contributed by atoms with van der Waals surface area (Å²) >= 11 is 0. The van der Waals surface area contributed by atoms with Gasteiger partial charge in [-0.3, -0.25) is 0 Å². The number of aromatic nitrogens is 1. The van der Waals surface area contributed by atoms with Crippen molar-refractivity contribution in [2.45, 2.75) is 58.3 Å². The summed E-state index contributed by atoms with van der Waals surface area (Å²) in [7, 11) is 0. The zero-order valence-electron chi connectivity index (χ0n) is 34.8. The number of rotatable bonds is 10. The van der Waals surface area contributed by atoms with Gasteiger partial charge in [0.05, 0.1) is 40.7 Å². The lowest BCUT2D eigenvalue weighted by molar-refractivity contribution is 0.131. The fraction of sp³-hybridized carbons (Fsp3) is 0.164. The minimum atomic E-state index is -0.230. The monoisotopic (exact) mass is 800 g/mol. The molecular weight excluding hydrogens is 753 g/mol. The second kappa shape index (κ2) is 15.4. The third-order valence-electron chi connectivity index (χ3n) is 12.2. The highest BCUT2D eigenvalue weighted by Crippen LogP contribution is 2.52. The molecule has 2 heterocycles. The van der Waals surface area contributed by atoms with Crippen molar-refractivity contribution in [2.24, 2.45) is 0 Å². The molecular formula is C55H48N2O4. The number of fused-ring (bicyclic) bond motifs is 6. The van der Waals surface area contributed by atoms with E-state index in [9.17, 15) is 10.2 Å². The first kappa shape index (κ1) is 38.0. The molecule has 6 nitrogen and oxygen atoms in total. The first-order valence-corrected chi connectivity index (χ1v) is 21.2. The van der Waals surface area contributed by atoms with E-state index < -0.39 is 0 Å². The van der Waals surface area contributed by atoms with Crippen LogP contribution in [0.4, 0.5) is 11.4 Å². The maximum absolute atomic E-state index is 12.2. The smallest absolute Gasteiger partial charge is 0.147 e. The van der Waals surface area contributed by atoms with Crippen LogP contribution in [-0.2, 0) is 0 Å². The summed E-state index contributed by atoms with van der Waals surface area (Å²) in [5.74, 6) is 2.00. The highest BCUT2D eigenvalue weighted by atomic mass is 16.5. The molecule has 0 saturated heterocycles. The number of ether oxygens (including phenoxy) is 2. The zero-order valence-corrected chi connectivity index (χ0v) is 34.8. The summed E-state index contributed by atoms with van der Waals surface area (Å²) in [5.41, 5.74) is 11.1. The summed E-state index contributed by atoms with van der Waals surface area (Å²) in [4.78, 5) is 2.27. The van der Waals surface area contributed by atoms with Crippen molar-refractivity contribution in [3.63, 3.8) is 0 Å². The maximum Gasteiger partial charge on any atom is 0.147 e. The fourth-order valence-electron chi connectivity index (χ4n) is 9.62. The number of hydrogen-bond donors (Lipinski definition) is 2. The van der Waals surface area contributed by atoms with Gasteiger partial charge in [-0.15, -0.1) is 0 Å². The maximum atomic E-state index is 12.2. The number of aromatic hydroxyl groups is 2. The molecule has 0 saturated carbocycles. The highest BCUT2D eigenvalue weighted by molar-refractivity contribution is 6.09. The van der Waals surface area contributed by atoms with Crippen LogP contribution in [0.15, 0.2) is 170 Å². The lowest BCUT2D eigenvalue weighted by Crippen LogP contribution is -2.28. The normalized spacial score (nSPS) is 16.4. The minimum Gasteiger partial charge on any atom is -0.505 e.